The highest BCUT2D eigenvalue weighted by atomic mass is 16.3. The van der Waals surface area contributed by atoms with Gasteiger partial charge >= 0.3 is 0 Å². The number of aliphatic imine (C=N–C) groups is 1. The summed E-state index contributed by atoms with van der Waals surface area (Å²) in [6.07, 6.45) is 3.93. The summed E-state index contributed by atoms with van der Waals surface area (Å²) >= 11 is 0. The third-order valence-electron chi connectivity index (χ3n) is 4.06. The second-order valence-electron chi connectivity index (χ2n) is 7.26. The zero-order valence-electron chi connectivity index (χ0n) is 14.4. The van der Waals surface area contributed by atoms with Crippen LogP contribution in [0.3, 0.4) is 0 Å². The van der Waals surface area contributed by atoms with Crippen molar-refractivity contribution in [1.29, 1.82) is 0 Å². The van der Waals surface area contributed by atoms with Gasteiger partial charge in [0.05, 0.1) is 12.1 Å². The van der Waals surface area contributed by atoms with E-state index in [9.17, 15) is 9.90 Å². The van der Waals surface area contributed by atoms with Crippen molar-refractivity contribution in [2.45, 2.75) is 59.0 Å². The molecule has 0 aliphatic heterocycles. The highest BCUT2D eigenvalue weighted by Gasteiger charge is 2.36. The normalized spacial score (nSPS) is 18.0. The molecule has 0 bridgehead atoms. The molecule has 0 aromatic carbocycles. The maximum atomic E-state index is 12.6. The van der Waals surface area contributed by atoms with Gasteiger partial charge in [-0.05, 0) is 33.6 Å². The van der Waals surface area contributed by atoms with Crippen LogP contribution >= 0.6 is 0 Å². The molecule has 128 valence electrons. The average Bonchev–Trinajstić information content (AvgIpc) is 3.05. The summed E-state index contributed by atoms with van der Waals surface area (Å²) < 4.78 is 0. The first-order chi connectivity index (χ1) is 10.7. The number of hydrogen-bond donors (Lipinski definition) is 4. The van der Waals surface area contributed by atoms with Gasteiger partial charge in [0.1, 0.15) is 0 Å². The lowest BCUT2D eigenvalue weighted by Gasteiger charge is -2.23. The number of amides is 1. The van der Waals surface area contributed by atoms with Gasteiger partial charge in [0.25, 0.3) is 0 Å². The van der Waals surface area contributed by atoms with Crippen LogP contribution in [0.5, 0.6) is 0 Å². The van der Waals surface area contributed by atoms with Crippen molar-refractivity contribution in [3.63, 3.8) is 0 Å². The number of H-pyrrole nitrogens is 1. The van der Waals surface area contributed by atoms with E-state index < -0.39 is 5.60 Å². The Kier molecular flexibility index (Phi) is 5.09. The van der Waals surface area contributed by atoms with Gasteiger partial charge in [-0.1, -0.05) is 19.8 Å². The fraction of sp³-hybridized carbons (Fsp3) is 0.688. The monoisotopic (exact) mass is 321 g/mol. The van der Waals surface area contributed by atoms with E-state index in [1.165, 1.54) is 0 Å². The Balaban J connectivity index is 2.10. The summed E-state index contributed by atoms with van der Waals surface area (Å²) in [6, 6.07) is 1.82. The molecule has 23 heavy (non-hydrogen) atoms. The molecular formula is C16H27N5O2. The van der Waals surface area contributed by atoms with Gasteiger partial charge in [-0.25, -0.2) is 4.99 Å². The van der Waals surface area contributed by atoms with E-state index in [1.807, 2.05) is 19.9 Å². The van der Waals surface area contributed by atoms with Gasteiger partial charge < -0.3 is 10.4 Å². The van der Waals surface area contributed by atoms with Crippen LogP contribution in [0, 0.1) is 12.3 Å². The van der Waals surface area contributed by atoms with Crippen molar-refractivity contribution in [2.75, 3.05) is 11.9 Å². The molecule has 1 heterocycles. The predicted octanol–water partition coefficient (Wildman–Crippen LogP) is 1.95. The standard InChI is InChI=1S/C16H27N5O2/c1-11-9-12(21-20-11)18-14(17-10-15(2,3)23)19-13(22)16(4)7-5-6-8-16/h9,23H,5-8,10H2,1-4H3,(H3,17,18,19,20,21,22). The van der Waals surface area contributed by atoms with E-state index in [1.54, 1.807) is 13.8 Å². The van der Waals surface area contributed by atoms with E-state index >= 15 is 0 Å². The van der Waals surface area contributed by atoms with E-state index in [-0.39, 0.29) is 17.9 Å². The molecular weight excluding hydrogens is 294 g/mol. The molecule has 4 N–H and O–H groups in total. The molecule has 0 unspecified atom stereocenters. The molecule has 0 saturated heterocycles. The molecule has 1 amide bonds. The van der Waals surface area contributed by atoms with Crippen LogP contribution in [-0.4, -0.2) is 39.3 Å². The number of aryl methyl sites for hydroxylation is 1. The van der Waals surface area contributed by atoms with Crippen molar-refractivity contribution >= 4 is 17.7 Å². The molecule has 7 heteroatoms. The summed E-state index contributed by atoms with van der Waals surface area (Å²) in [4.78, 5) is 16.9. The molecule has 2 rings (SSSR count). The maximum absolute atomic E-state index is 12.6. The number of carbonyl (C=O) groups is 1. The predicted molar refractivity (Wildman–Crippen MR) is 90.3 cm³/mol. The largest absolute Gasteiger partial charge is 0.389 e. The van der Waals surface area contributed by atoms with Crippen molar-refractivity contribution < 1.29 is 9.90 Å². The summed E-state index contributed by atoms with van der Waals surface area (Å²) in [5, 5.41) is 22.7. The maximum Gasteiger partial charge on any atom is 0.232 e. The Hall–Kier alpha value is -1.89. The lowest BCUT2D eigenvalue weighted by molar-refractivity contribution is -0.128. The molecule has 1 aliphatic carbocycles. The van der Waals surface area contributed by atoms with Gasteiger partial charge in [0.15, 0.2) is 5.82 Å². The molecule has 1 aromatic rings. The number of nitrogens with one attached hydrogen (secondary N) is 3. The first-order valence-corrected chi connectivity index (χ1v) is 8.05. The van der Waals surface area contributed by atoms with E-state index in [2.05, 4.69) is 25.8 Å². The van der Waals surface area contributed by atoms with Gasteiger partial charge in [0.2, 0.25) is 11.9 Å². The van der Waals surface area contributed by atoms with Crippen molar-refractivity contribution in [3.8, 4) is 0 Å². The zero-order valence-corrected chi connectivity index (χ0v) is 14.4. The number of carbonyl (C=O) groups excluding carboxylic acids is 1. The topological polar surface area (TPSA) is 102 Å². The van der Waals surface area contributed by atoms with Crippen molar-refractivity contribution in [3.05, 3.63) is 11.8 Å². The highest BCUT2D eigenvalue weighted by molar-refractivity contribution is 6.05. The number of guanidine groups is 1. The number of aromatic amines is 1. The number of anilines is 1. The van der Waals surface area contributed by atoms with Gasteiger partial charge in [-0.15, -0.1) is 0 Å². The smallest absolute Gasteiger partial charge is 0.232 e. The van der Waals surface area contributed by atoms with Crippen LogP contribution in [0.1, 0.15) is 52.1 Å². The molecule has 0 radical (unpaired) electrons. The fourth-order valence-corrected chi connectivity index (χ4v) is 2.63. The van der Waals surface area contributed by atoms with Crippen LogP contribution in [0.25, 0.3) is 0 Å². The number of aromatic nitrogens is 2. The van der Waals surface area contributed by atoms with E-state index in [0.29, 0.717) is 11.8 Å². The Bertz CT molecular complexity index is 580. The Morgan fingerprint density at radius 3 is 2.65 bits per heavy atom. The molecule has 1 saturated carbocycles. The number of nitrogens with zero attached hydrogens (tertiary/aromatic N) is 2. The molecule has 7 nitrogen and oxygen atoms in total. The number of rotatable bonds is 4. The first kappa shape index (κ1) is 17.5. The first-order valence-electron chi connectivity index (χ1n) is 8.05. The Morgan fingerprint density at radius 2 is 2.13 bits per heavy atom. The summed E-state index contributed by atoms with van der Waals surface area (Å²) in [7, 11) is 0. The zero-order chi connectivity index (χ0) is 17.1. The van der Waals surface area contributed by atoms with Crippen LogP contribution < -0.4 is 10.6 Å². The van der Waals surface area contributed by atoms with Crippen LogP contribution in [0.2, 0.25) is 0 Å². The second kappa shape index (κ2) is 6.70. The third-order valence-corrected chi connectivity index (χ3v) is 4.06. The third kappa shape index (κ3) is 5.06. The molecule has 0 atom stereocenters. The second-order valence-corrected chi connectivity index (χ2v) is 7.26. The minimum Gasteiger partial charge on any atom is -0.389 e. The highest BCUT2D eigenvalue weighted by Crippen LogP contribution is 2.37. The van der Waals surface area contributed by atoms with Gasteiger partial charge in [0, 0.05) is 17.2 Å². The van der Waals surface area contributed by atoms with Crippen molar-refractivity contribution in [2.24, 2.45) is 10.4 Å². The Morgan fingerprint density at radius 1 is 1.48 bits per heavy atom. The lowest BCUT2D eigenvalue weighted by Crippen LogP contribution is -2.44. The summed E-state index contributed by atoms with van der Waals surface area (Å²) in [5.74, 6) is 0.856. The fourth-order valence-electron chi connectivity index (χ4n) is 2.63. The lowest BCUT2D eigenvalue weighted by atomic mass is 9.88. The van der Waals surface area contributed by atoms with E-state index in [0.717, 1.165) is 31.4 Å². The minimum absolute atomic E-state index is 0.0377. The molecule has 0 spiro atoms. The van der Waals surface area contributed by atoms with Crippen LogP contribution in [0.15, 0.2) is 11.1 Å². The SMILES string of the molecule is Cc1cc(NC(=NCC(C)(C)O)NC(=O)C2(C)CCCC2)n[nH]1. The quantitative estimate of drug-likeness (QED) is 0.503. The van der Waals surface area contributed by atoms with Gasteiger partial charge in [-0.2, -0.15) is 5.10 Å². The van der Waals surface area contributed by atoms with Crippen LogP contribution in [0.4, 0.5) is 5.82 Å². The Labute approximate surface area is 137 Å². The van der Waals surface area contributed by atoms with Crippen LogP contribution in [-0.2, 0) is 4.79 Å². The summed E-state index contributed by atoms with van der Waals surface area (Å²) in [6.45, 7) is 7.40. The minimum atomic E-state index is -0.948. The van der Waals surface area contributed by atoms with Crippen molar-refractivity contribution in [1.82, 2.24) is 15.5 Å². The molecule has 1 aliphatic rings. The molecule has 1 aromatic heterocycles. The number of hydrogen-bond acceptors (Lipinski definition) is 4. The number of aliphatic hydroxyl groups is 1. The summed E-state index contributed by atoms with van der Waals surface area (Å²) in [5.41, 5.74) is -0.391. The van der Waals surface area contributed by atoms with Gasteiger partial charge in [-0.3, -0.25) is 15.2 Å². The average molecular weight is 321 g/mol. The molecule has 1 fully saturated rings. The van der Waals surface area contributed by atoms with E-state index in [4.69, 9.17) is 0 Å².